The van der Waals surface area contributed by atoms with Crippen LogP contribution in [0.5, 0.6) is 5.75 Å². The van der Waals surface area contributed by atoms with E-state index in [-0.39, 0.29) is 5.91 Å². The maximum Gasteiger partial charge on any atom is 0.265 e. The standard InChI is InChI=1S/C23H25N5O2S/c1-15-5-6-21(16(2)7-15)30-13-18-8-22(31-14-18)23(29)25-20-9-24-28(12-20)11-19-10-27(4)26-17(19)3/h5-10,12,14H,11,13H2,1-4H3,(H,25,29). The number of ether oxygens (including phenoxy) is 1. The van der Waals surface area contributed by atoms with Crippen LogP contribution in [0.4, 0.5) is 5.69 Å². The normalized spacial score (nSPS) is 11.0. The van der Waals surface area contributed by atoms with Gasteiger partial charge in [-0.25, -0.2) is 0 Å². The summed E-state index contributed by atoms with van der Waals surface area (Å²) in [5.74, 6) is 0.707. The summed E-state index contributed by atoms with van der Waals surface area (Å²) >= 11 is 1.40. The van der Waals surface area contributed by atoms with Crippen LogP contribution in [-0.2, 0) is 20.2 Å². The molecule has 160 valence electrons. The van der Waals surface area contributed by atoms with Gasteiger partial charge in [-0.2, -0.15) is 10.2 Å². The number of hydrogen-bond acceptors (Lipinski definition) is 5. The van der Waals surface area contributed by atoms with Crippen molar-refractivity contribution in [3.05, 3.63) is 81.1 Å². The molecule has 1 N–H and O–H groups in total. The second kappa shape index (κ2) is 8.77. The molecule has 8 heteroatoms. The highest BCUT2D eigenvalue weighted by atomic mass is 32.1. The summed E-state index contributed by atoms with van der Waals surface area (Å²) in [6.45, 7) is 7.10. The Morgan fingerprint density at radius 3 is 2.77 bits per heavy atom. The zero-order valence-electron chi connectivity index (χ0n) is 18.0. The number of benzene rings is 1. The summed E-state index contributed by atoms with van der Waals surface area (Å²) in [5, 5.41) is 13.5. The van der Waals surface area contributed by atoms with E-state index in [1.54, 1.807) is 15.6 Å². The molecule has 1 amide bonds. The van der Waals surface area contributed by atoms with Gasteiger partial charge < -0.3 is 10.1 Å². The topological polar surface area (TPSA) is 74.0 Å². The van der Waals surface area contributed by atoms with Gasteiger partial charge in [-0.3, -0.25) is 14.2 Å². The number of aryl methyl sites for hydroxylation is 4. The third-order valence-corrected chi connectivity index (χ3v) is 5.92. The minimum atomic E-state index is -0.153. The molecule has 0 aliphatic heterocycles. The van der Waals surface area contributed by atoms with Crippen LogP contribution in [0, 0.1) is 20.8 Å². The molecule has 0 saturated carbocycles. The largest absolute Gasteiger partial charge is 0.489 e. The molecule has 31 heavy (non-hydrogen) atoms. The molecule has 0 radical (unpaired) electrons. The van der Waals surface area contributed by atoms with E-state index >= 15 is 0 Å². The monoisotopic (exact) mass is 435 g/mol. The van der Waals surface area contributed by atoms with E-state index in [0.29, 0.717) is 23.7 Å². The molecular formula is C23H25N5O2S. The number of carbonyl (C=O) groups is 1. The molecule has 7 nitrogen and oxygen atoms in total. The Bertz CT molecular complexity index is 1220. The van der Waals surface area contributed by atoms with Gasteiger partial charge in [0.05, 0.1) is 29.0 Å². The van der Waals surface area contributed by atoms with Crippen molar-refractivity contribution in [3.63, 3.8) is 0 Å². The van der Waals surface area contributed by atoms with Crippen molar-refractivity contribution in [3.8, 4) is 5.75 Å². The molecule has 0 saturated heterocycles. The summed E-state index contributed by atoms with van der Waals surface area (Å²) in [5.41, 5.74) is 6.00. The highest BCUT2D eigenvalue weighted by molar-refractivity contribution is 7.12. The fraction of sp³-hybridized carbons (Fsp3) is 0.261. The van der Waals surface area contributed by atoms with E-state index in [1.165, 1.54) is 16.9 Å². The van der Waals surface area contributed by atoms with Crippen molar-refractivity contribution < 1.29 is 9.53 Å². The molecule has 0 aliphatic carbocycles. The van der Waals surface area contributed by atoms with Crippen molar-refractivity contribution in [1.29, 1.82) is 0 Å². The van der Waals surface area contributed by atoms with Gasteiger partial charge in [-0.05, 0) is 43.8 Å². The fourth-order valence-electron chi connectivity index (χ4n) is 3.38. The Morgan fingerprint density at radius 2 is 2.03 bits per heavy atom. The first-order valence-electron chi connectivity index (χ1n) is 9.98. The van der Waals surface area contributed by atoms with E-state index in [2.05, 4.69) is 28.5 Å². The predicted octanol–water partition coefficient (Wildman–Crippen LogP) is 4.48. The van der Waals surface area contributed by atoms with Crippen LogP contribution in [-0.4, -0.2) is 25.5 Å². The summed E-state index contributed by atoms with van der Waals surface area (Å²) in [6.07, 6.45) is 5.45. The summed E-state index contributed by atoms with van der Waals surface area (Å²) in [6, 6.07) is 7.98. The molecule has 0 unspecified atom stereocenters. The van der Waals surface area contributed by atoms with Gasteiger partial charge in [0.2, 0.25) is 0 Å². The number of nitrogens with one attached hydrogen (secondary N) is 1. The van der Waals surface area contributed by atoms with Gasteiger partial charge in [0.15, 0.2) is 0 Å². The number of amides is 1. The molecule has 3 heterocycles. The number of nitrogens with zero attached hydrogens (tertiary/aromatic N) is 4. The van der Waals surface area contributed by atoms with E-state index in [0.717, 1.165) is 28.1 Å². The maximum absolute atomic E-state index is 12.6. The van der Waals surface area contributed by atoms with E-state index in [9.17, 15) is 4.79 Å². The minimum absolute atomic E-state index is 0.153. The SMILES string of the molecule is Cc1ccc(OCc2csc(C(=O)Nc3cnn(Cc4cn(C)nc4C)c3)c2)c(C)c1. The number of thiophene rings is 1. The van der Waals surface area contributed by atoms with Crippen molar-refractivity contribution in [2.75, 3.05) is 5.32 Å². The minimum Gasteiger partial charge on any atom is -0.489 e. The van der Waals surface area contributed by atoms with Crippen LogP contribution in [0.25, 0.3) is 0 Å². The first kappa shape index (κ1) is 20.9. The lowest BCUT2D eigenvalue weighted by Crippen LogP contribution is -2.09. The molecule has 3 aromatic heterocycles. The van der Waals surface area contributed by atoms with Crippen LogP contribution in [0.2, 0.25) is 0 Å². The maximum atomic E-state index is 12.6. The van der Waals surface area contributed by atoms with E-state index in [1.807, 2.05) is 56.9 Å². The number of carbonyl (C=O) groups excluding carboxylic acids is 1. The van der Waals surface area contributed by atoms with Crippen LogP contribution in [0.1, 0.15) is 37.6 Å². The zero-order valence-corrected chi connectivity index (χ0v) is 18.9. The van der Waals surface area contributed by atoms with E-state index in [4.69, 9.17) is 4.74 Å². The molecule has 4 rings (SSSR count). The molecule has 0 fully saturated rings. The average molecular weight is 436 g/mol. The number of anilines is 1. The second-order valence-electron chi connectivity index (χ2n) is 7.67. The van der Waals surface area contributed by atoms with Gasteiger partial charge in [-0.1, -0.05) is 17.7 Å². The molecule has 4 aromatic rings. The quantitative estimate of drug-likeness (QED) is 0.464. The van der Waals surface area contributed by atoms with Crippen LogP contribution >= 0.6 is 11.3 Å². The molecular weight excluding hydrogens is 410 g/mol. The summed E-state index contributed by atoms with van der Waals surface area (Å²) in [7, 11) is 1.90. The lowest BCUT2D eigenvalue weighted by molar-refractivity contribution is 0.103. The lowest BCUT2D eigenvalue weighted by Gasteiger charge is -2.08. The number of rotatable bonds is 7. The molecule has 1 aromatic carbocycles. The predicted molar refractivity (Wildman–Crippen MR) is 122 cm³/mol. The fourth-order valence-corrected chi connectivity index (χ4v) is 4.17. The van der Waals surface area contributed by atoms with Crippen molar-refractivity contribution in [1.82, 2.24) is 19.6 Å². The average Bonchev–Trinajstić information content (AvgIpc) is 3.43. The van der Waals surface area contributed by atoms with Crippen molar-refractivity contribution in [2.24, 2.45) is 7.05 Å². The summed E-state index contributed by atoms with van der Waals surface area (Å²) in [4.78, 5) is 13.3. The highest BCUT2D eigenvalue weighted by Gasteiger charge is 2.12. The summed E-state index contributed by atoms with van der Waals surface area (Å²) < 4.78 is 9.49. The Morgan fingerprint density at radius 1 is 1.19 bits per heavy atom. The molecule has 0 aliphatic rings. The van der Waals surface area contributed by atoms with Crippen LogP contribution in [0.3, 0.4) is 0 Å². The molecule has 0 atom stereocenters. The highest BCUT2D eigenvalue weighted by Crippen LogP contribution is 2.22. The Labute approximate surface area is 185 Å². The van der Waals surface area contributed by atoms with Gasteiger partial charge in [0.25, 0.3) is 5.91 Å². The van der Waals surface area contributed by atoms with Gasteiger partial charge >= 0.3 is 0 Å². The van der Waals surface area contributed by atoms with Gasteiger partial charge in [-0.15, -0.1) is 11.3 Å². The first-order chi connectivity index (χ1) is 14.9. The van der Waals surface area contributed by atoms with E-state index < -0.39 is 0 Å². The van der Waals surface area contributed by atoms with Crippen molar-refractivity contribution in [2.45, 2.75) is 33.9 Å². The smallest absolute Gasteiger partial charge is 0.265 e. The Hall–Kier alpha value is -3.39. The third-order valence-electron chi connectivity index (χ3n) is 4.94. The lowest BCUT2D eigenvalue weighted by atomic mass is 10.1. The molecule has 0 bridgehead atoms. The van der Waals surface area contributed by atoms with Crippen LogP contribution < -0.4 is 10.1 Å². The molecule has 0 spiro atoms. The second-order valence-corrected chi connectivity index (χ2v) is 8.58. The Kier molecular flexibility index (Phi) is 5.90. The number of aromatic nitrogens is 4. The van der Waals surface area contributed by atoms with Gasteiger partial charge in [0, 0.05) is 30.6 Å². The first-order valence-corrected chi connectivity index (χ1v) is 10.9. The number of hydrogen-bond donors (Lipinski definition) is 1. The Balaban J connectivity index is 1.35. The van der Waals surface area contributed by atoms with Gasteiger partial charge in [0.1, 0.15) is 12.4 Å². The van der Waals surface area contributed by atoms with Crippen molar-refractivity contribution >= 4 is 22.9 Å². The third kappa shape index (κ3) is 5.03. The zero-order chi connectivity index (χ0) is 22.0. The van der Waals surface area contributed by atoms with Crippen LogP contribution in [0.15, 0.2) is 48.2 Å².